The molecule has 2 aromatic rings. The number of hydrogen-bond donors (Lipinski definition) is 1. The Hall–Kier alpha value is -1.33. The summed E-state index contributed by atoms with van der Waals surface area (Å²) in [5, 5.41) is 7.37. The smallest absolute Gasteiger partial charge is 0.310 e. The summed E-state index contributed by atoms with van der Waals surface area (Å²) in [7, 11) is 0. The highest BCUT2D eigenvalue weighted by atomic mass is 32.1. The van der Waals surface area contributed by atoms with Crippen LogP contribution in [0.2, 0.25) is 0 Å². The zero-order chi connectivity index (χ0) is 15.3. The molecule has 1 atom stereocenters. The van der Waals surface area contributed by atoms with Gasteiger partial charge in [0.2, 0.25) is 0 Å². The third-order valence-corrected chi connectivity index (χ3v) is 4.10. The molecule has 1 nitrogen and oxygen atoms in total. The van der Waals surface area contributed by atoms with Crippen LogP contribution in [0.15, 0.2) is 41.1 Å². The van der Waals surface area contributed by atoms with E-state index >= 15 is 0 Å². The van der Waals surface area contributed by atoms with Gasteiger partial charge in [-0.2, -0.15) is 24.5 Å². The van der Waals surface area contributed by atoms with Gasteiger partial charge in [0.25, 0.3) is 0 Å². The fraction of sp³-hybridized carbons (Fsp3) is 0.375. The van der Waals surface area contributed by atoms with Gasteiger partial charge in [0.15, 0.2) is 0 Å². The number of nitrogens with one attached hydrogen (secondary N) is 1. The van der Waals surface area contributed by atoms with Crippen molar-refractivity contribution in [1.29, 1.82) is 0 Å². The van der Waals surface area contributed by atoms with E-state index in [0.717, 1.165) is 25.5 Å². The lowest BCUT2D eigenvalue weighted by atomic mass is 9.98. The second-order valence-corrected chi connectivity index (χ2v) is 5.68. The van der Waals surface area contributed by atoms with Crippen molar-refractivity contribution in [1.82, 2.24) is 5.32 Å². The quantitative estimate of drug-likeness (QED) is 0.787. The van der Waals surface area contributed by atoms with E-state index in [1.807, 2.05) is 12.3 Å². The summed E-state index contributed by atoms with van der Waals surface area (Å²) in [5.74, 6) is 0. The molecule has 0 aliphatic rings. The molecule has 1 unspecified atom stereocenters. The third-order valence-electron chi connectivity index (χ3n) is 3.37. The fourth-order valence-corrected chi connectivity index (χ4v) is 3.01. The van der Waals surface area contributed by atoms with Gasteiger partial charge in [-0.1, -0.05) is 19.1 Å². The van der Waals surface area contributed by atoms with Crippen molar-refractivity contribution >= 4 is 11.3 Å². The van der Waals surface area contributed by atoms with E-state index in [1.165, 1.54) is 17.7 Å². The van der Waals surface area contributed by atoms with Gasteiger partial charge in [0.05, 0.1) is 5.56 Å². The Labute approximate surface area is 126 Å². The number of benzene rings is 1. The van der Waals surface area contributed by atoms with Gasteiger partial charge in [-0.05, 0) is 59.5 Å². The first-order chi connectivity index (χ1) is 10.0. The van der Waals surface area contributed by atoms with Crippen LogP contribution in [0.3, 0.4) is 0 Å². The molecule has 1 aromatic heterocycles. The predicted octanol–water partition coefficient (Wildman–Crippen LogP) is 5.05. The van der Waals surface area contributed by atoms with Crippen LogP contribution in [0.1, 0.15) is 36.1 Å². The van der Waals surface area contributed by atoms with Crippen molar-refractivity contribution in [2.75, 3.05) is 6.54 Å². The van der Waals surface area contributed by atoms with Crippen LogP contribution in [-0.4, -0.2) is 6.54 Å². The largest absolute Gasteiger partial charge is 0.416 e. The lowest BCUT2D eigenvalue weighted by molar-refractivity contribution is -0.137. The Morgan fingerprint density at radius 1 is 1.24 bits per heavy atom. The first-order valence-electron chi connectivity index (χ1n) is 6.92. The molecule has 5 heteroatoms. The van der Waals surface area contributed by atoms with Crippen LogP contribution in [0, 0.1) is 0 Å². The Bertz CT molecular complexity index is 549. The maximum Gasteiger partial charge on any atom is 0.416 e. The molecule has 0 saturated carbocycles. The number of halogens is 3. The number of hydrogen-bond acceptors (Lipinski definition) is 2. The van der Waals surface area contributed by atoms with Crippen LogP contribution in [0.5, 0.6) is 0 Å². The molecule has 0 aliphatic carbocycles. The van der Waals surface area contributed by atoms with E-state index in [4.69, 9.17) is 0 Å². The highest BCUT2D eigenvalue weighted by molar-refractivity contribution is 7.07. The van der Waals surface area contributed by atoms with Crippen molar-refractivity contribution in [3.05, 3.63) is 57.8 Å². The summed E-state index contributed by atoms with van der Waals surface area (Å²) in [6.45, 7) is 2.69. The maximum atomic E-state index is 12.8. The average Bonchev–Trinajstić information content (AvgIpc) is 2.96. The zero-order valence-corrected chi connectivity index (χ0v) is 12.6. The van der Waals surface area contributed by atoms with Gasteiger partial charge in [0, 0.05) is 6.04 Å². The lowest BCUT2D eigenvalue weighted by Crippen LogP contribution is -2.22. The Balaban J connectivity index is 2.13. The molecule has 1 N–H and O–H groups in total. The van der Waals surface area contributed by atoms with E-state index in [9.17, 15) is 13.2 Å². The molecule has 0 spiro atoms. The summed E-state index contributed by atoms with van der Waals surface area (Å²) in [6, 6.07) is 7.60. The summed E-state index contributed by atoms with van der Waals surface area (Å²) >= 11 is 1.64. The summed E-state index contributed by atoms with van der Waals surface area (Å²) in [6.07, 6.45) is -2.65. The summed E-state index contributed by atoms with van der Waals surface area (Å²) in [4.78, 5) is 0. The van der Waals surface area contributed by atoms with Gasteiger partial charge in [-0.3, -0.25) is 0 Å². The topological polar surface area (TPSA) is 12.0 Å². The van der Waals surface area contributed by atoms with E-state index in [-0.39, 0.29) is 6.04 Å². The van der Waals surface area contributed by atoms with Gasteiger partial charge >= 0.3 is 6.18 Å². The Kier molecular flexibility index (Phi) is 5.42. The first kappa shape index (κ1) is 16.0. The minimum atomic E-state index is -4.29. The molecule has 1 heterocycles. The molecular formula is C16H18F3NS. The molecule has 2 rings (SSSR count). The van der Waals surface area contributed by atoms with E-state index in [2.05, 4.69) is 16.8 Å². The minimum absolute atomic E-state index is 0.0581. The van der Waals surface area contributed by atoms with Crippen LogP contribution in [0.4, 0.5) is 13.2 Å². The minimum Gasteiger partial charge on any atom is -0.310 e. The van der Waals surface area contributed by atoms with Gasteiger partial charge in [-0.25, -0.2) is 0 Å². The van der Waals surface area contributed by atoms with Gasteiger partial charge < -0.3 is 5.32 Å². The number of thiophene rings is 1. The number of aryl methyl sites for hydroxylation is 1. The van der Waals surface area contributed by atoms with Gasteiger partial charge in [0.1, 0.15) is 0 Å². The fourth-order valence-electron chi connectivity index (χ4n) is 2.31. The van der Waals surface area contributed by atoms with Crippen molar-refractivity contribution in [3.8, 4) is 0 Å². The molecule has 0 amide bonds. The van der Waals surface area contributed by atoms with E-state index in [0.29, 0.717) is 5.56 Å². The number of rotatable bonds is 6. The van der Waals surface area contributed by atoms with Crippen molar-refractivity contribution in [2.24, 2.45) is 0 Å². The molecule has 0 radical (unpaired) electrons. The Morgan fingerprint density at radius 3 is 2.67 bits per heavy atom. The molecule has 0 fully saturated rings. The van der Waals surface area contributed by atoms with Crippen molar-refractivity contribution in [2.45, 2.75) is 32.0 Å². The zero-order valence-electron chi connectivity index (χ0n) is 11.8. The number of alkyl halides is 3. The van der Waals surface area contributed by atoms with Crippen LogP contribution >= 0.6 is 11.3 Å². The monoisotopic (exact) mass is 313 g/mol. The molecule has 114 valence electrons. The van der Waals surface area contributed by atoms with Crippen molar-refractivity contribution in [3.63, 3.8) is 0 Å². The molecule has 0 saturated heterocycles. The highest BCUT2D eigenvalue weighted by Gasteiger charge is 2.30. The van der Waals surface area contributed by atoms with E-state index < -0.39 is 11.7 Å². The molecule has 0 aliphatic heterocycles. The van der Waals surface area contributed by atoms with Crippen LogP contribution in [0.25, 0.3) is 0 Å². The SMILES string of the molecule is CCNC(CCc1ccsc1)c1cccc(C(F)(F)F)c1. The second-order valence-electron chi connectivity index (χ2n) is 4.90. The van der Waals surface area contributed by atoms with Crippen LogP contribution in [-0.2, 0) is 12.6 Å². The second kappa shape index (κ2) is 7.09. The predicted molar refractivity (Wildman–Crippen MR) is 80.5 cm³/mol. The van der Waals surface area contributed by atoms with Gasteiger partial charge in [-0.15, -0.1) is 0 Å². The molecular weight excluding hydrogens is 295 g/mol. The van der Waals surface area contributed by atoms with E-state index in [1.54, 1.807) is 17.4 Å². The van der Waals surface area contributed by atoms with Crippen molar-refractivity contribution < 1.29 is 13.2 Å². The lowest BCUT2D eigenvalue weighted by Gasteiger charge is -2.19. The molecule has 0 bridgehead atoms. The highest BCUT2D eigenvalue weighted by Crippen LogP contribution is 2.31. The summed E-state index contributed by atoms with van der Waals surface area (Å²) in [5.41, 5.74) is 1.34. The standard InChI is InChI=1S/C16H18F3NS/c1-2-20-15(7-6-12-8-9-21-11-12)13-4-3-5-14(10-13)16(17,18)19/h3-5,8-11,15,20H,2,6-7H2,1H3. The average molecular weight is 313 g/mol. The summed E-state index contributed by atoms with van der Waals surface area (Å²) < 4.78 is 38.4. The molecule has 1 aromatic carbocycles. The first-order valence-corrected chi connectivity index (χ1v) is 7.86. The maximum absolute atomic E-state index is 12.8. The normalized spacial score (nSPS) is 13.3. The third kappa shape index (κ3) is 4.58. The van der Waals surface area contributed by atoms with Crippen LogP contribution < -0.4 is 5.32 Å². The Morgan fingerprint density at radius 2 is 2.05 bits per heavy atom. The molecule has 21 heavy (non-hydrogen) atoms.